The van der Waals surface area contributed by atoms with Crippen molar-refractivity contribution in [2.24, 2.45) is 16.7 Å². The molecule has 0 radical (unpaired) electrons. The Kier molecular flexibility index (Phi) is 3.37. The second-order valence-corrected chi connectivity index (χ2v) is 8.33. The second kappa shape index (κ2) is 5.16. The summed E-state index contributed by atoms with van der Waals surface area (Å²) in [4.78, 5) is 38.2. The molecule has 0 aromatic heterocycles. The summed E-state index contributed by atoms with van der Waals surface area (Å²) in [7, 11) is 0. The minimum atomic E-state index is -0.496. The molecule has 4 rings (SSSR count). The molecule has 25 heavy (non-hydrogen) atoms. The van der Waals surface area contributed by atoms with Crippen molar-refractivity contribution in [3.05, 3.63) is 35.4 Å². The first-order valence-electron chi connectivity index (χ1n) is 8.90. The van der Waals surface area contributed by atoms with Gasteiger partial charge in [0.1, 0.15) is 12.6 Å². The van der Waals surface area contributed by atoms with Gasteiger partial charge in [-0.2, -0.15) is 0 Å². The zero-order valence-electron chi connectivity index (χ0n) is 14.9. The number of esters is 1. The molecule has 132 valence electrons. The minimum Gasteiger partial charge on any atom is -0.460 e. The van der Waals surface area contributed by atoms with Gasteiger partial charge < -0.3 is 4.74 Å². The molecule has 3 atom stereocenters. The lowest BCUT2D eigenvalue weighted by molar-refractivity contribution is -0.157. The highest BCUT2D eigenvalue weighted by Gasteiger charge is 2.62. The number of ether oxygens (including phenoxy) is 1. The number of hydrogen-bond donors (Lipinski definition) is 0. The van der Waals surface area contributed by atoms with Crippen LogP contribution in [0.25, 0.3) is 0 Å². The van der Waals surface area contributed by atoms with Crippen molar-refractivity contribution in [1.29, 1.82) is 0 Å². The lowest BCUT2D eigenvalue weighted by Gasteiger charge is -2.38. The van der Waals surface area contributed by atoms with E-state index in [1.54, 1.807) is 24.3 Å². The topological polar surface area (TPSA) is 63.7 Å². The first-order valence-corrected chi connectivity index (χ1v) is 8.90. The van der Waals surface area contributed by atoms with Crippen molar-refractivity contribution in [3.63, 3.8) is 0 Å². The number of carbonyl (C=O) groups excluding carboxylic acids is 3. The fourth-order valence-corrected chi connectivity index (χ4v) is 5.02. The van der Waals surface area contributed by atoms with Crippen LogP contribution in [0.4, 0.5) is 0 Å². The van der Waals surface area contributed by atoms with Crippen molar-refractivity contribution < 1.29 is 19.1 Å². The smallest absolute Gasteiger partial charge is 0.326 e. The molecule has 0 spiro atoms. The quantitative estimate of drug-likeness (QED) is 0.626. The molecule has 0 N–H and O–H groups in total. The number of benzene rings is 1. The molecule has 0 saturated heterocycles. The number of amides is 2. The Morgan fingerprint density at radius 2 is 1.76 bits per heavy atom. The second-order valence-electron chi connectivity index (χ2n) is 8.33. The molecule has 2 aliphatic carbocycles. The molecular formula is C20H23NO4. The average molecular weight is 341 g/mol. The Bertz CT molecular complexity index is 749. The zero-order valence-corrected chi connectivity index (χ0v) is 14.9. The van der Waals surface area contributed by atoms with Crippen molar-refractivity contribution in [2.45, 2.75) is 46.1 Å². The molecule has 2 fully saturated rings. The van der Waals surface area contributed by atoms with Gasteiger partial charge in [0.05, 0.1) is 11.1 Å². The van der Waals surface area contributed by atoms with Crippen LogP contribution in [-0.4, -0.2) is 35.3 Å². The highest BCUT2D eigenvalue weighted by Crippen LogP contribution is 2.66. The summed E-state index contributed by atoms with van der Waals surface area (Å²) in [6, 6.07) is 6.65. The van der Waals surface area contributed by atoms with Gasteiger partial charge in [-0.15, -0.1) is 0 Å². The molecule has 3 aliphatic rings. The van der Waals surface area contributed by atoms with Crippen molar-refractivity contribution >= 4 is 17.8 Å². The van der Waals surface area contributed by atoms with Gasteiger partial charge in [0.2, 0.25) is 0 Å². The van der Waals surface area contributed by atoms with Crippen LogP contribution in [0.2, 0.25) is 0 Å². The zero-order chi connectivity index (χ0) is 18.0. The van der Waals surface area contributed by atoms with Crippen LogP contribution in [-0.2, 0) is 9.53 Å². The van der Waals surface area contributed by atoms with E-state index in [2.05, 4.69) is 20.8 Å². The predicted octanol–water partition coefficient (Wildman–Crippen LogP) is 3.04. The highest BCUT2D eigenvalue weighted by atomic mass is 16.5. The first-order chi connectivity index (χ1) is 11.8. The fraction of sp³-hybridized carbons (Fsp3) is 0.550. The number of imide groups is 1. The van der Waals surface area contributed by atoms with Crippen molar-refractivity contribution in [3.8, 4) is 0 Å². The van der Waals surface area contributed by atoms with Gasteiger partial charge in [-0.3, -0.25) is 19.3 Å². The van der Waals surface area contributed by atoms with Gasteiger partial charge in [0, 0.05) is 5.41 Å². The Labute approximate surface area is 147 Å². The molecule has 2 amide bonds. The third-order valence-electron chi connectivity index (χ3n) is 7.15. The molecule has 3 unspecified atom stereocenters. The Hall–Kier alpha value is -2.17. The van der Waals surface area contributed by atoms with Gasteiger partial charge >= 0.3 is 5.97 Å². The maximum Gasteiger partial charge on any atom is 0.326 e. The SMILES string of the molecule is CC1(C)C2CCC1(C)C(OC(=O)CN1C(=O)c3ccccc3C1=O)C2. The van der Waals surface area contributed by atoms with E-state index in [1.165, 1.54) is 6.42 Å². The highest BCUT2D eigenvalue weighted by molar-refractivity contribution is 6.22. The number of hydrogen-bond acceptors (Lipinski definition) is 4. The summed E-state index contributed by atoms with van der Waals surface area (Å²) in [5, 5.41) is 0. The Balaban J connectivity index is 1.46. The van der Waals surface area contributed by atoms with Gasteiger partial charge in [-0.05, 0) is 42.7 Å². The van der Waals surface area contributed by atoms with E-state index >= 15 is 0 Å². The third kappa shape index (κ3) is 2.11. The van der Waals surface area contributed by atoms with E-state index in [0.29, 0.717) is 17.0 Å². The van der Waals surface area contributed by atoms with E-state index in [4.69, 9.17) is 4.74 Å². The fourth-order valence-electron chi connectivity index (χ4n) is 5.02. The normalized spacial score (nSPS) is 32.2. The van der Waals surface area contributed by atoms with Crippen molar-refractivity contribution in [1.82, 2.24) is 4.90 Å². The number of nitrogens with zero attached hydrogens (tertiary/aromatic N) is 1. The monoisotopic (exact) mass is 341 g/mol. The molecule has 5 heteroatoms. The standard InChI is InChI=1S/C20H23NO4/c1-19(2)12-8-9-20(19,3)15(10-12)25-16(22)11-21-17(23)13-6-4-5-7-14(13)18(21)24/h4-7,12,15H,8-11H2,1-3H3. The lowest BCUT2D eigenvalue weighted by atomic mass is 9.70. The maximum atomic E-state index is 12.5. The summed E-state index contributed by atoms with van der Waals surface area (Å²) in [5.41, 5.74) is 0.824. The van der Waals surface area contributed by atoms with E-state index in [1.807, 2.05) is 0 Å². The summed E-state index contributed by atoms with van der Waals surface area (Å²) in [6.45, 7) is 6.38. The van der Waals surface area contributed by atoms with E-state index in [-0.39, 0.29) is 23.5 Å². The molecule has 2 bridgehead atoms. The summed E-state index contributed by atoms with van der Waals surface area (Å²) < 4.78 is 5.76. The molecule has 5 nitrogen and oxygen atoms in total. The first kappa shape index (κ1) is 16.3. The molecule has 1 aromatic rings. The summed E-state index contributed by atoms with van der Waals surface area (Å²) >= 11 is 0. The number of carbonyl (C=O) groups is 3. The van der Waals surface area contributed by atoms with Crippen LogP contribution in [0.1, 0.15) is 60.7 Å². The molecular weight excluding hydrogens is 318 g/mol. The minimum absolute atomic E-state index is 0.0324. The van der Waals surface area contributed by atoms with Gasteiger partial charge in [0.15, 0.2) is 0 Å². The van der Waals surface area contributed by atoms with E-state index in [9.17, 15) is 14.4 Å². The molecule has 1 aliphatic heterocycles. The van der Waals surface area contributed by atoms with Crippen LogP contribution >= 0.6 is 0 Å². The van der Waals surface area contributed by atoms with Crippen LogP contribution in [0.5, 0.6) is 0 Å². The van der Waals surface area contributed by atoms with E-state index < -0.39 is 17.8 Å². The molecule has 1 heterocycles. The van der Waals surface area contributed by atoms with Gasteiger partial charge in [-0.25, -0.2) is 0 Å². The molecule has 1 aromatic carbocycles. The van der Waals surface area contributed by atoms with Crippen LogP contribution in [0.15, 0.2) is 24.3 Å². The van der Waals surface area contributed by atoms with Crippen molar-refractivity contribution in [2.75, 3.05) is 6.54 Å². The maximum absolute atomic E-state index is 12.5. The lowest BCUT2D eigenvalue weighted by Crippen LogP contribution is -2.41. The average Bonchev–Trinajstić information content (AvgIpc) is 3.02. The van der Waals surface area contributed by atoms with Crippen LogP contribution < -0.4 is 0 Å². The number of fused-ring (bicyclic) bond motifs is 3. The van der Waals surface area contributed by atoms with Gasteiger partial charge in [0.25, 0.3) is 11.8 Å². The Morgan fingerprint density at radius 3 is 2.24 bits per heavy atom. The summed E-state index contributed by atoms with van der Waals surface area (Å²) in [5.74, 6) is -0.771. The van der Waals surface area contributed by atoms with Gasteiger partial charge in [-0.1, -0.05) is 32.9 Å². The predicted molar refractivity (Wildman–Crippen MR) is 90.9 cm³/mol. The summed E-state index contributed by atoms with van der Waals surface area (Å²) in [6.07, 6.45) is 2.96. The van der Waals surface area contributed by atoms with Crippen LogP contribution in [0.3, 0.4) is 0 Å². The largest absolute Gasteiger partial charge is 0.460 e. The number of rotatable bonds is 3. The Morgan fingerprint density at radius 1 is 1.16 bits per heavy atom. The van der Waals surface area contributed by atoms with Crippen LogP contribution in [0, 0.1) is 16.7 Å². The van der Waals surface area contributed by atoms with E-state index in [0.717, 1.165) is 17.7 Å². The third-order valence-corrected chi connectivity index (χ3v) is 7.15. The molecule has 2 saturated carbocycles.